The van der Waals surface area contributed by atoms with Crippen molar-refractivity contribution >= 4 is 5.82 Å². The third-order valence-corrected chi connectivity index (χ3v) is 6.48. The first kappa shape index (κ1) is 24.9. The van der Waals surface area contributed by atoms with Gasteiger partial charge in [0.25, 0.3) is 0 Å². The molecule has 1 fully saturated rings. The first-order valence-corrected chi connectivity index (χ1v) is 12.5. The number of anilines is 1. The van der Waals surface area contributed by atoms with Crippen LogP contribution < -0.4 is 14.8 Å². The zero-order valence-corrected chi connectivity index (χ0v) is 21.1. The lowest BCUT2D eigenvalue weighted by molar-refractivity contribution is 0.149. The van der Waals surface area contributed by atoms with Gasteiger partial charge in [0.05, 0.1) is 31.8 Å². The van der Waals surface area contributed by atoms with Crippen LogP contribution in [0.5, 0.6) is 11.5 Å². The molecule has 186 valence electrons. The predicted octanol–water partition coefficient (Wildman–Crippen LogP) is 4.73. The summed E-state index contributed by atoms with van der Waals surface area (Å²) in [5.41, 5.74) is 2.92. The molecular formula is C28H37N5O2. The molecule has 0 spiro atoms. The molecule has 0 saturated carbocycles. The standard InChI is InChI=1S/C28H37N5O2/c1-22(23-9-5-4-6-10-23)30-28-21-29-20-25(31-28)24-11-12-26(27(19-24)34-3)35-18-8-7-13-33-16-14-32(2)15-17-33/h4-6,9-12,19-22H,7-8,13-18H2,1-3H3,(H,30,31). The third-order valence-electron chi connectivity index (χ3n) is 6.48. The minimum Gasteiger partial charge on any atom is -0.493 e. The number of unbranched alkanes of at least 4 members (excludes halogenated alkanes) is 1. The minimum atomic E-state index is 0.127. The van der Waals surface area contributed by atoms with Crippen molar-refractivity contribution in [3.8, 4) is 22.8 Å². The molecule has 1 N–H and O–H groups in total. The fraction of sp³-hybridized carbons (Fsp3) is 0.429. The molecule has 4 rings (SSSR count). The van der Waals surface area contributed by atoms with Crippen molar-refractivity contribution in [2.24, 2.45) is 0 Å². The number of aromatic nitrogens is 2. The third kappa shape index (κ3) is 7.16. The van der Waals surface area contributed by atoms with E-state index in [4.69, 9.17) is 14.5 Å². The van der Waals surface area contributed by atoms with Crippen molar-refractivity contribution < 1.29 is 9.47 Å². The lowest BCUT2D eigenvalue weighted by atomic mass is 10.1. The van der Waals surface area contributed by atoms with Crippen molar-refractivity contribution in [1.82, 2.24) is 19.8 Å². The highest BCUT2D eigenvalue weighted by Gasteiger charge is 2.13. The van der Waals surface area contributed by atoms with Gasteiger partial charge < -0.3 is 24.6 Å². The van der Waals surface area contributed by atoms with Crippen LogP contribution in [0.1, 0.15) is 31.4 Å². The monoisotopic (exact) mass is 475 g/mol. The molecule has 1 aliphatic heterocycles. The van der Waals surface area contributed by atoms with E-state index in [9.17, 15) is 0 Å². The molecule has 3 aromatic rings. The van der Waals surface area contributed by atoms with Gasteiger partial charge in [0, 0.05) is 37.8 Å². The number of nitrogens with one attached hydrogen (secondary N) is 1. The highest BCUT2D eigenvalue weighted by molar-refractivity contribution is 5.64. The maximum atomic E-state index is 6.05. The second-order valence-corrected chi connectivity index (χ2v) is 9.13. The average Bonchev–Trinajstić information content (AvgIpc) is 2.90. The van der Waals surface area contributed by atoms with Gasteiger partial charge in [-0.25, -0.2) is 4.98 Å². The Morgan fingerprint density at radius 1 is 0.971 bits per heavy atom. The Kier molecular flexibility index (Phi) is 8.92. The lowest BCUT2D eigenvalue weighted by Crippen LogP contribution is -2.44. The Morgan fingerprint density at radius 3 is 2.54 bits per heavy atom. The number of ether oxygens (including phenoxy) is 2. The first-order valence-electron chi connectivity index (χ1n) is 12.5. The second kappa shape index (κ2) is 12.5. The van der Waals surface area contributed by atoms with E-state index < -0.39 is 0 Å². The molecule has 7 heteroatoms. The molecule has 1 aliphatic rings. The Balaban J connectivity index is 1.31. The van der Waals surface area contributed by atoms with Crippen LogP contribution >= 0.6 is 0 Å². The van der Waals surface area contributed by atoms with E-state index in [2.05, 4.69) is 46.2 Å². The summed E-state index contributed by atoms with van der Waals surface area (Å²) in [5, 5.41) is 3.44. The molecule has 1 atom stereocenters. The van der Waals surface area contributed by atoms with Gasteiger partial charge in [0.1, 0.15) is 5.82 Å². The summed E-state index contributed by atoms with van der Waals surface area (Å²) in [6.45, 7) is 8.59. The van der Waals surface area contributed by atoms with Gasteiger partial charge in [-0.2, -0.15) is 0 Å². The van der Waals surface area contributed by atoms with E-state index in [0.29, 0.717) is 12.4 Å². The summed E-state index contributed by atoms with van der Waals surface area (Å²) in [5.74, 6) is 2.20. The predicted molar refractivity (Wildman–Crippen MR) is 141 cm³/mol. The molecule has 2 heterocycles. The summed E-state index contributed by atoms with van der Waals surface area (Å²) >= 11 is 0. The quantitative estimate of drug-likeness (QED) is 0.402. The number of rotatable bonds is 11. The molecule has 2 aromatic carbocycles. The average molecular weight is 476 g/mol. The fourth-order valence-corrected chi connectivity index (χ4v) is 4.26. The minimum absolute atomic E-state index is 0.127. The summed E-state index contributed by atoms with van der Waals surface area (Å²) in [4.78, 5) is 14.1. The summed E-state index contributed by atoms with van der Waals surface area (Å²) in [7, 11) is 3.86. The van der Waals surface area contributed by atoms with E-state index in [1.165, 1.54) is 5.56 Å². The number of methoxy groups -OCH3 is 1. The Hall–Kier alpha value is -3.16. The highest BCUT2D eigenvalue weighted by Crippen LogP contribution is 2.32. The summed E-state index contributed by atoms with van der Waals surface area (Å²) in [6, 6.07) is 16.4. The zero-order valence-electron chi connectivity index (χ0n) is 21.1. The number of piperazine rings is 1. The molecule has 1 saturated heterocycles. The van der Waals surface area contributed by atoms with Crippen LogP contribution in [0.2, 0.25) is 0 Å². The highest BCUT2D eigenvalue weighted by atomic mass is 16.5. The normalized spacial score (nSPS) is 15.5. The largest absolute Gasteiger partial charge is 0.493 e. The molecule has 7 nitrogen and oxygen atoms in total. The Morgan fingerprint density at radius 2 is 1.77 bits per heavy atom. The number of likely N-dealkylation sites (N-methyl/N-ethyl adjacent to an activating group) is 1. The first-order chi connectivity index (χ1) is 17.1. The molecule has 0 bridgehead atoms. The zero-order chi connectivity index (χ0) is 24.5. The van der Waals surface area contributed by atoms with Gasteiger partial charge in [-0.3, -0.25) is 4.98 Å². The van der Waals surface area contributed by atoms with Crippen LogP contribution in [-0.4, -0.2) is 73.3 Å². The van der Waals surface area contributed by atoms with Crippen molar-refractivity contribution in [2.75, 3.05) is 58.8 Å². The molecule has 0 amide bonds. The van der Waals surface area contributed by atoms with Crippen molar-refractivity contribution in [1.29, 1.82) is 0 Å². The van der Waals surface area contributed by atoms with Gasteiger partial charge in [-0.05, 0) is 57.1 Å². The maximum Gasteiger partial charge on any atom is 0.161 e. The van der Waals surface area contributed by atoms with Crippen LogP contribution in [0, 0.1) is 0 Å². The van der Waals surface area contributed by atoms with Gasteiger partial charge in [-0.15, -0.1) is 0 Å². The van der Waals surface area contributed by atoms with Crippen molar-refractivity contribution in [3.63, 3.8) is 0 Å². The van der Waals surface area contributed by atoms with E-state index in [1.807, 2.05) is 36.4 Å². The van der Waals surface area contributed by atoms with Crippen LogP contribution in [0.15, 0.2) is 60.9 Å². The Labute approximate surface area is 209 Å². The van der Waals surface area contributed by atoms with Gasteiger partial charge in [-0.1, -0.05) is 30.3 Å². The van der Waals surface area contributed by atoms with Crippen LogP contribution in [-0.2, 0) is 0 Å². The molecule has 1 aromatic heterocycles. The van der Waals surface area contributed by atoms with Gasteiger partial charge in [0.2, 0.25) is 0 Å². The van der Waals surface area contributed by atoms with E-state index in [-0.39, 0.29) is 6.04 Å². The number of hydrogen-bond acceptors (Lipinski definition) is 7. The summed E-state index contributed by atoms with van der Waals surface area (Å²) in [6.07, 6.45) is 5.68. The van der Waals surface area contributed by atoms with Gasteiger partial charge >= 0.3 is 0 Å². The number of benzene rings is 2. The number of nitrogens with zero attached hydrogens (tertiary/aromatic N) is 4. The van der Waals surface area contributed by atoms with E-state index >= 15 is 0 Å². The molecular weight excluding hydrogens is 438 g/mol. The van der Waals surface area contributed by atoms with Gasteiger partial charge in [0.15, 0.2) is 11.5 Å². The van der Waals surface area contributed by atoms with Crippen LogP contribution in [0.4, 0.5) is 5.82 Å². The van der Waals surface area contributed by atoms with Crippen molar-refractivity contribution in [2.45, 2.75) is 25.8 Å². The number of hydrogen-bond donors (Lipinski definition) is 1. The topological polar surface area (TPSA) is 62.8 Å². The van der Waals surface area contributed by atoms with Crippen LogP contribution in [0.25, 0.3) is 11.3 Å². The second-order valence-electron chi connectivity index (χ2n) is 9.13. The maximum absolute atomic E-state index is 6.05. The lowest BCUT2D eigenvalue weighted by Gasteiger charge is -2.32. The van der Waals surface area contributed by atoms with Crippen molar-refractivity contribution in [3.05, 3.63) is 66.5 Å². The van der Waals surface area contributed by atoms with E-state index in [1.54, 1.807) is 19.5 Å². The molecule has 1 unspecified atom stereocenters. The SMILES string of the molecule is COc1cc(-c2cncc(NC(C)c3ccccc3)n2)ccc1OCCCCN1CCN(C)CC1. The van der Waals surface area contributed by atoms with E-state index in [0.717, 1.165) is 68.4 Å². The smallest absolute Gasteiger partial charge is 0.161 e. The molecule has 0 aliphatic carbocycles. The molecule has 35 heavy (non-hydrogen) atoms. The fourth-order valence-electron chi connectivity index (χ4n) is 4.26. The van der Waals surface area contributed by atoms with Crippen LogP contribution in [0.3, 0.4) is 0 Å². The Bertz CT molecular complexity index is 1050. The summed E-state index contributed by atoms with van der Waals surface area (Å²) < 4.78 is 11.7. The molecule has 0 radical (unpaired) electrons.